The molecule has 2 aromatic rings. The lowest BCUT2D eigenvalue weighted by Crippen LogP contribution is -2.57. The minimum absolute atomic E-state index is 0.0363. The second-order valence-electron chi connectivity index (χ2n) is 10.5. The minimum Gasteiger partial charge on any atom is -0.390 e. The summed E-state index contributed by atoms with van der Waals surface area (Å²) in [7, 11) is -3.71. The summed E-state index contributed by atoms with van der Waals surface area (Å²) in [5.74, 6) is -2.82. The molecule has 3 amide bonds. The Kier molecular flexibility index (Phi) is 13.9. The predicted molar refractivity (Wildman–Crippen MR) is 155 cm³/mol. The maximum Gasteiger partial charge on any atom is 0.253 e. The van der Waals surface area contributed by atoms with Crippen molar-refractivity contribution in [2.75, 3.05) is 11.5 Å². The molecule has 1 aromatic heterocycles. The van der Waals surface area contributed by atoms with E-state index in [1.165, 1.54) is 24.5 Å². The van der Waals surface area contributed by atoms with Crippen LogP contribution < -0.4 is 16.0 Å². The van der Waals surface area contributed by atoms with Crippen molar-refractivity contribution in [2.45, 2.75) is 77.3 Å². The number of benzene rings is 1. The van der Waals surface area contributed by atoms with Gasteiger partial charge in [0.25, 0.3) is 5.91 Å². The largest absolute Gasteiger partial charge is 0.390 e. The van der Waals surface area contributed by atoms with Gasteiger partial charge in [-0.1, -0.05) is 57.5 Å². The molecule has 226 valence electrons. The number of amides is 3. The zero-order valence-electron chi connectivity index (χ0n) is 23.8. The van der Waals surface area contributed by atoms with Crippen LogP contribution in [0.1, 0.15) is 62.4 Å². The molecule has 1 heterocycles. The van der Waals surface area contributed by atoms with Gasteiger partial charge in [-0.3, -0.25) is 19.4 Å². The molecule has 41 heavy (non-hydrogen) atoms. The van der Waals surface area contributed by atoms with E-state index in [0.717, 1.165) is 5.56 Å². The van der Waals surface area contributed by atoms with E-state index in [2.05, 4.69) is 20.9 Å². The Balaban J connectivity index is 2.15. The number of unbranched alkanes of at least 4 members (excludes halogenated alkanes) is 1. The second-order valence-corrected chi connectivity index (χ2v) is 12.7. The van der Waals surface area contributed by atoms with E-state index in [1.807, 2.05) is 51.1 Å². The van der Waals surface area contributed by atoms with Crippen molar-refractivity contribution in [3.63, 3.8) is 0 Å². The van der Waals surface area contributed by atoms with Crippen molar-refractivity contribution in [3.05, 3.63) is 66.0 Å². The highest BCUT2D eigenvalue weighted by Crippen LogP contribution is 2.14. The molecule has 2 rings (SSSR count). The SMILES string of the molecule is CCCCS(=O)(=O)CC(NC(=O)c1cccnc1)C(=O)NC(CC(C)C)C(O)C(O)CC(=O)NCc1ccccc1. The van der Waals surface area contributed by atoms with Crippen LogP contribution in [-0.2, 0) is 26.0 Å². The molecule has 5 N–H and O–H groups in total. The van der Waals surface area contributed by atoms with Crippen molar-refractivity contribution in [1.82, 2.24) is 20.9 Å². The van der Waals surface area contributed by atoms with E-state index in [9.17, 15) is 33.0 Å². The first-order valence-electron chi connectivity index (χ1n) is 13.8. The van der Waals surface area contributed by atoms with E-state index in [0.29, 0.717) is 12.8 Å². The van der Waals surface area contributed by atoms with Crippen LogP contribution in [0, 0.1) is 5.92 Å². The molecule has 0 spiro atoms. The zero-order valence-corrected chi connectivity index (χ0v) is 24.6. The molecular weight excluding hydrogens is 548 g/mol. The lowest BCUT2D eigenvalue weighted by molar-refractivity contribution is -0.127. The van der Waals surface area contributed by atoms with Crippen LogP contribution in [0.2, 0.25) is 0 Å². The van der Waals surface area contributed by atoms with Gasteiger partial charge in [0.2, 0.25) is 11.8 Å². The Bertz CT molecular complexity index is 1210. The first-order chi connectivity index (χ1) is 19.4. The van der Waals surface area contributed by atoms with Gasteiger partial charge in [-0.25, -0.2) is 8.42 Å². The standard InChI is InChI=1S/C29H42N4O7S/c1-4-5-14-41(39,40)19-24(33-28(37)22-12-9-13-30-18-22)29(38)32-23(15-20(2)3)27(36)25(34)16-26(35)31-17-21-10-7-6-8-11-21/h6-13,18,20,23-25,27,34,36H,4-5,14-17,19H2,1-3H3,(H,31,35)(H,32,38)(H,33,37). The quantitative estimate of drug-likeness (QED) is 0.184. The topological polar surface area (TPSA) is 175 Å². The molecule has 4 atom stereocenters. The Morgan fingerprint density at radius 3 is 2.32 bits per heavy atom. The predicted octanol–water partition coefficient (Wildman–Crippen LogP) is 1.35. The number of nitrogens with one attached hydrogen (secondary N) is 3. The summed E-state index contributed by atoms with van der Waals surface area (Å²) in [5.41, 5.74) is 1.01. The summed E-state index contributed by atoms with van der Waals surface area (Å²) >= 11 is 0. The van der Waals surface area contributed by atoms with E-state index >= 15 is 0 Å². The van der Waals surface area contributed by atoms with Crippen molar-refractivity contribution < 1.29 is 33.0 Å². The molecule has 11 nitrogen and oxygen atoms in total. The Hall–Kier alpha value is -3.35. The van der Waals surface area contributed by atoms with E-state index in [-0.39, 0.29) is 30.2 Å². The van der Waals surface area contributed by atoms with Crippen molar-refractivity contribution in [3.8, 4) is 0 Å². The summed E-state index contributed by atoms with van der Waals surface area (Å²) < 4.78 is 25.5. The molecule has 0 saturated carbocycles. The van der Waals surface area contributed by atoms with Crippen molar-refractivity contribution in [1.29, 1.82) is 0 Å². The van der Waals surface area contributed by atoms with Crippen LogP contribution in [0.3, 0.4) is 0 Å². The Morgan fingerprint density at radius 2 is 1.71 bits per heavy atom. The number of aromatic nitrogens is 1. The summed E-state index contributed by atoms with van der Waals surface area (Å²) in [6.45, 7) is 5.79. The molecule has 0 radical (unpaired) electrons. The van der Waals surface area contributed by atoms with Gasteiger partial charge in [0.05, 0.1) is 35.6 Å². The monoisotopic (exact) mass is 590 g/mol. The van der Waals surface area contributed by atoms with Gasteiger partial charge >= 0.3 is 0 Å². The lowest BCUT2D eigenvalue weighted by atomic mass is 9.94. The summed E-state index contributed by atoms with van der Waals surface area (Å²) in [4.78, 5) is 42.5. The highest BCUT2D eigenvalue weighted by atomic mass is 32.2. The average Bonchev–Trinajstić information content (AvgIpc) is 2.94. The number of hydrogen-bond acceptors (Lipinski definition) is 8. The normalized spacial score (nSPS) is 14.5. The van der Waals surface area contributed by atoms with Crippen LogP contribution in [0.4, 0.5) is 0 Å². The van der Waals surface area contributed by atoms with Gasteiger partial charge < -0.3 is 26.2 Å². The summed E-state index contributed by atoms with van der Waals surface area (Å²) in [6.07, 6.45) is 0.577. The highest BCUT2D eigenvalue weighted by molar-refractivity contribution is 7.91. The Morgan fingerprint density at radius 1 is 1.00 bits per heavy atom. The van der Waals surface area contributed by atoms with Gasteiger partial charge in [-0.15, -0.1) is 0 Å². The second kappa shape index (κ2) is 16.8. The van der Waals surface area contributed by atoms with Crippen LogP contribution in [0.25, 0.3) is 0 Å². The van der Waals surface area contributed by atoms with E-state index in [1.54, 1.807) is 0 Å². The number of hydrogen-bond donors (Lipinski definition) is 5. The van der Waals surface area contributed by atoms with Crippen LogP contribution in [-0.4, -0.2) is 77.1 Å². The maximum absolute atomic E-state index is 13.4. The average molecular weight is 591 g/mol. The molecule has 0 fully saturated rings. The zero-order chi connectivity index (χ0) is 30.4. The molecule has 1 aromatic carbocycles. The van der Waals surface area contributed by atoms with E-state index < -0.39 is 64.0 Å². The third-order valence-corrected chi connectivity index (χ3v) is 8.11. The third-order valence-electron chi connectivity index (χ3n) is 6.36. The number of nitrogens with zero attached hydrogens (tertiary/aromatic N) is 1. The van der Waals surface area contributed by atoms with Crippen LogP contribution in [0.15, 0.2) is 54.9 Å². The van der Waals surface area contributed by atoms with Gasteiger partial charge in [0.15, 0.2) is 9.84 Å². The number of aliphatic hydroxyl groups is 2. The van der Waals surface area contributed by atoms with E-state index in [4.69, 9.17) is 0 Å². The first kappa shape index (κ1) is 33.9. The molecule has 0 aliphatic carbocycles. The highest BCUT2D eigenvalue weighted by Gasteiger charge is 2.34. The van der Waals surface area contributed by atoms with Gasteiger partial charge in [0.1, 0.15) is 12.1 Å². The third kappa shape index (κ3) is 12.4. The number of carbonyl (C=O) groups excluding carboxylic acids is 3. The number of aliphatic hydroxyl groups excluding tert-OH is 2. The number of rotatable bonds is 17. The van der Waals surface area contributed by atoms with Gasteiger partial charge in [-0.2, -0.15) is 0 Å². The molecule has 0 bridgehead atoms. The lowest BCUT2D eigenvalue weighted by Gasteiger charge is -2.30. The molecule has 12 heteroatoms. The molecular formula is C29H42N4O7S. The fourth-order valence-corrected chi connectivity index (χ4v) is 5.78. The number of carbonyl (C=O) groups is 3. The van der Waals surface area contributed by atoms with Crippen molar-refractivity contribution in [2.24, 2.45) is 5.92 Å². The van der Waals surface area contributed by atoms with Crippen LogP contribution >= 0.6 is 0 Å². The Labute approximate surface area is 242 Å². The van der Waals surface area contributed by atoms with Crippen molar-refractivity contribution >= 4 is 27.6 Å². The number of pyridine rings is 1. The van der Waals surface area contributed by atoms with Gasteiger partial charge in [-0.05, 0) is 36.5 Å². The first-order valence-corrected chi connectivity index (χ1v) is 15.6. The fraction of sp³-hybridized carbons (Fsp3) is 0.517. The molecule has 0 aliphatic rings. The molecule has 0 saturated heterocycles. The van der Waals surface area contributed by atoms with Crippen LogP contribution in [0.5, 0.6) is 0 Å². The fourth-order valence-electron chi connectivity index (χ4n) is 4.15. The summed E-state index contributed by atoms with van der Waals surface area (Å²) in [5, 5.41) is 29.4. The summed E-state index contributed by atoms with van der Waals surface area (Å²) in [6, 6.07) is 9.73. The van der Waals surface area contributed by atoms with Gasteiger partial charge in [0, 0.05) is 18.9 Å². The minimum atomic E-state index is -3.71. The number of sulfone groups is 1. The molecule has 4 unspecified atom stereocenters. The molecule has 0 aliphatic heterocycles. The maximum atomic E-state index is 13.4. The smallest absolute Gasteiger partial charge is 0.253 e.